The molecule has 128 valence electrons. The first-order valence-electron chi connectivity index (χ1n) is 7.40. The second-order valence-corrected chi connectivity index (χ2v) is 8.14. The van der Waals surface area contributed by atoms with Crippen LogP contribution < -0.4 is 5.32 Å². The Morgan fingerprint density at radius 1 is 1.20 bits per heavy atom. The van der Waals surface area contributed by atoms with Gasteiger partial charge in [0.25, 0.3) is 5.91 Å². The van der Waals surface area contributed by atoms with E-state index in [9.17, 15) is 4.79 Å². The molecule has 0 saturated carbocycles. The molecule has 3 nitrogen and oxygen atoms in total. The molecule has 0 radical (unpaired) electrons. The van der Waals surface area contributed by atoms with Crippen LogP contribution in [0.5, 0.6) is 0 Å². The fourth-order valence-electron chi connectivity index (χ4n) is 2.29. The summed E-state index contributed by atoms with van der Waals surface area (Å²) in [5.41, 5.74) is 2.50. The fraction of sp³-hybridized carbons (Fsp3) is 0.111. The van der Waals surface area contributed by atoms with E-state index in [1.54, 1.807) is 12.1 Å². The standard InChI is InChI=1S/C18H13BrCl2N2OS/c1-10-16(9-11-6-7-14(20)15(21)8-11)25-18(22-10)23-17(24)12-4-2-3-5-13(12)19/h2-8H,9H2,1H3,(H,22,23,24). The zero-order valence-corrected chi connectivity index (χ0v) is 17.1. The van der Waals surface area contributed by atoms with Crippen LogP contribution in [0.25, 0.3) is 0 Å². The number of amides is 1. The maximum Gasteiger partial charge on any atom is 0.258 e. The number of nitrogens with one attached hydrogen (secondary N) is 1. The molecule has 1 aromatic heterocycles. The van der Waals surface area contributed by atoms with Gasteiger partial charge in [0.2, 0.25) is 0 Å². The number of halogens is 3. The van der Waals surface area contributed by atoms with Crippen LogP contribution in [0.4, 0.5) is 5.13 Å². The van der Waals surface area contributed by atoms with E-state index in [4.69, 9.17) is 23.2 Å². The van der Waals surface area contributed by atoms with Gasteiger partial charge in [0.1, 0.15) is 0 Å². The Bertz CT molecular complexity index is 943. The van der Waals surface area contributed by atoms with Crippen molar-refractivity contribution in [3.63, 3.8) is 0 Å². The molecule has 0 unspecified atom stereocenters. The molecule has 1 amide bonds. The van der Waals surface area contributed by atoms with Gasteiger partial charge in [0.15, 0.2) is 5.13 Å². The molecule has 0 aliphatic carbocycles. The van der Waals surface area contributed by atoms with Crippen LogP contribution in [0.15, 0.2) is 46.9 Å². The van der Waals surface area contributed by atoms with E-state index in [-0.39, 0.29) is 5.91 Å². The van der Waals surface area contributed by atoms with Crippen LogP contribution >= 0.6 is 50.5 Å². The molecule has 1 heterocycles. The zero-order chi connectivity index (χ0) is 18.0. The number of anilines is 1. The smallest absolute Gasteiger partial charge is 0.258 e. The third-order valence-electron chi connectivity index (χ3n) is 3.58. The molecule has 0 spiro atoms. The summed E-state index contributed by atoms with van der Waals surface area (Å²) in [6.45, 7) is 1.93. The van der Waals surface area contributed by atoms with E-state index in [1.807, 2.05) is 37.3 Å². The second-order valence-electron chi connectivity index (χ2n) is 5.39. The van der Waals surface area contributed by atoms with Crippen molar-refractivity contribution < 1.29 is 4.79 Å². The lowest BCUT2D eigenvalue weighted by atomic mass is 10.1. The minimum atomic E-state index is -0.192. The van der Waals surface area contributed by atoms with Gasteiger partial charge in [-0.1, -0.05) is 41.4 Å². The summed E-state index contributed by atoms with van der Waals surface area (Å²) in [4.78, 5) is 17.9. The Labute approximate surface area is 168 Å². The molecule has 7 heteroatoms. The lowest BCUT2D eigenvalue weighted by molar-refractivity contribution is 0.102. The van der Waals surface area contributed by atoms with E-state index in [1.165, 1.54) is 11.3 Å². The maximum absolute atomic E-state index is 12.4. The number of nitrogens with zero attached hydrogens (tertiary/aromatic N) is 1. The fourth-order valence-corrected chi connectivity index (χ4v) is 4.07. The number of carbonyl (C=O) groups is 1. The highest BCUT2D eigenvalue weighted by Gasteiger charge is 2.14. The highest BCUT2D eigenvalue weighted by Crippen LogP contribution is 2.29. The van der Waals surface area contributed by atoms with Crippen molar-refractivity contribution in [3.8, 4) is 0 Å². The molecular weight excluding hydrogens is 443 g/mol. The minimum Gasteiger partial charge on any atom is -0.298 e. The lowest BCUT2D eigenvalue weighted by Gasteiger charge is -2.03. The van der Waals surface area contributed by atoms with Crippen molar-refractivity contribution >= 4 is 61.5 Å². The van der Waals surface area contributed by atoms with Gasteiger partial charge in [0.05, 0.1) is 21.3 Å². The van der Waals surface area contributed by atoms with Gasteiger partial charge in [-0.2, -0.15) is 0 Å². The molecule has 25 heavy (non-hydrogen) atoms. The van der Waals surface area contributed by atoms with Gasteiger partial charge in [-0.3, -0.25) is 10.1 Å². The van der Waals surface area contributed by atoms with Crippen LogP contribution in [0.3, 0.4) is 0 Å². The van der Waals surface area contributed by atoms with Crippen LogP contribution in [-0.4, -0.2) is 10.9 Å². The van der Waals surface area contributed by atoms with Crippen molar-refractivity contribution in [3.05, 3.63) is 78.7 Å². The van der Waals surface area contributed by atoms with Gasteiger partial charge < -0.3 is 0 Å². The molecule has 3 aromatic rings. The SMILES string of the molecule is Cc1nc(NC(=O)c2ccccc2Br)sc1Cc1ccc(Cl)c(Cl)c1. The number of hydrogen-bond donors (Lipinski definition) is 1. The number of aromatic nitrogens is 1. The van der Waals surface area contributed by atoms with Crippen molar-refractivity contribution in [1.29, 1.82) is 0 Å². The number of hydrogen-bond acceptors (Lipinski definition) is 3. The van der Waals surface area contributed by atoms with Crippen molar-refractivity contribution in [2.45, 2.75) is 13.3 Å². The zero-order valence-electron chi connectivity index (χ0n) is 13.1. The first kappa shape index (κ1) is 18.4. The number of rotatable bonds is 4. The highest BCUT2D eigenvalue weighted by molar-refractivity contribution is 9.10. The largest absolute Gasteiger partial charge is 0.298 e. The van der Waals surface area contributed by atoms with Gasteiger partial charge in [-0.25, -0.2) is 4.98 Å². The molecule has 0 saturated heterocycles. The third-order valence-corrected chi connectivity index (χ3v) is 6.08. The molecule has 1 N–H and O–H groups in total. The predicted octanol–water partition coefficient (Wildman–Crippen LogP) is 6.36. The van der Waals surface area contributed by atoms with E-state index in [0.29, 0.717) is 27.2 Å². The Kier molecular flexibility index (Phi) is 5.79. The molecular formula is C18H13BrCl2N2OS. The van der Waals surface area contributed by atoms with Crippen LogP contribution in [0.1, 0.15) is 26.5 Å². The quantitative estimate of drug-likeness (QED) is 0.496. The van der Waals surface area contributed by atoms with Crippen LogP contribution in [0, 0.1) is 6.92 Å². The van der Waals surface area contributed by atoms with E-state index >= 15 is 0 Å². The molecule has 2 aromatic carbocycles. The summed E-state index contributed by atoms with van der Waals surface area (Å²) >= 11 is 16.9. The molecule has 0 aliphatic rings. The summed E-state index contributed by atoms with van der Waals surface area (Å²) in [5.74, 6) is -0.192. The van der Waals surface area contributed by atoms with Gasteiger partial charge in [-0.15, -0.1) is 11.3 Å². The van der Waals surface area contributed by atoms with Crippen LogP contribution in [-0.2, 0) is 6.42 Å². The lowest BCUT2D eigenvalue weighted by Crippen LogP contribution is -2.12. The average Bonchev–Trinajstić information content (AvgIpc) is 2.90. The second kappa shape index (κ2) is 7.87. The van der Waals surface area contributed by atoms with Gasteiger partial charge in [0, 0.05) is 15.8 Å². The van der Waals surface area contributed by atoms with Crippen molar-refractivity contribution in [1.82, 2.24) is 4.98 Å². The highest BCUT2D eigenvalue weighted by atomic mass is 79.9. The monoisotopic (exact) mass is 454 g/mol. The Morgan fingerprint density at radius 2 is 1.96 bits per heavy atom. The van der Waals surface area contributed by atoms with Crippen molar-refractivity contribution in [2.24, 2.45) is 0 Å². The van der Waals surface area contributed by atoms with E-state index in [2.05, 4.69) is 26.2 Å². The number of carbonyl (C=O) groups excluding carboxylic acids is 1. The summed E-state index contributed by atoms with van der Waals surface area (Å²) in [6.07, 6.45) is 0.686. The predicted molar refractivity (Wildman–Crippen MR) is 108 cm³/mol. The van der Waals surface area contributed by atoms with Gasteiger partial charge >= 0.3 is 0 Å². The Balaban J connectivity index is 1.77. The summed E-state index contributed by atoms with van der Waals surface area (Å²) < 4.78 is 0.747. The molecule has 0 atom stereocenters. The summed E-state index contributed by atoms with van der Waals surface area (Å²) in [7, 11) is 0. The van der Waals surface area contributed by atoms with Gasteiger partial charge in [-0.05, 0) is 52.7 Å². The normalized spacial score (nSPS) is 10.7. The third kappa shape index (κ3) is 4.42. The van der Waals surface area contributed by atoms with Crippen LogP contribution in [0.2, 0.25) is 10.0 Å². The van der Waals surface area contributed by atoms with E-state index in [0.717, 1.165) is 20.6 Å². The first-order valence-corrected chi connectivity index (χ1v) is 9.76. The first-order chi connectivity index (χ1) is 11.9. The molecule has 0 bridgehead atoms. The maximum atomic E-state index is 12.4. The Morgan fingerprint density at radius 3 is 2.68 bits per heavy atom. The molecule has 0 aliphatic heterocycles. The Hall–Kier alpha value is -1.40. The average molecular weight is 456 g/mol. The summed E-state index contributed by atoms with van der Waals surface area (Å²) in [5, 5.41) is 4.50. The number of benzene rings is 2. The number of aryl methyl sites for hydroxylation is 1. The van der Waals surface area contributed by atoms with E-state index < -0.39 is 0 Å². The molecule has 0 fully saturated rings. The summed E-state index contributed by atoms with van der Waals surface area (Å²) in [6, 6.07) is 12.8. The number of thiazole rings is 1. The topological polar surface area (TPSA) is 42.0 Å². The van der Waals surface area contributed by atoms with Crippen molar-refractivity contribution in [2.75, 3.05) is 5.32 Å². The molecule has 3 rings (SSSR count). The minimum absolute atomic E-state index is 0.192.